The van der Waals surface area contributed by atoms with Crippen molar-refractivity contribution in [3.05, 3.63) is 39.1 Å². The molecule has 0 atom stereocenters. The maximum Gasteiger partial charge on any atom is 0.243 e. The summed E-state index contributed by atoms with van der Waals surface area (Å²) in [6, 6.07) is 2.45. The first kappa shape index (κ1) is 6.64. The van der Waals surface area contributed by atoms with Crippen LogP contribution in [0.4, 0.5) is 0 Å². The third kappa shape index (κ3) is 2.96. The molecule has 1 aromatic carbocycles. The highest BCUT2D eigenvalue weighted by Gasteiger charge is 2.10. The van der Waals surface area contributed by atoms with Crippen LogP contribution in [0.5, 0.6) is 11.5 Å². The summed E-state index contributed by atoms with van der Waals surface area (Å²) in [6.07, 6.45) is 1.08. The summed E-state index contributed by atoms with van der Waals surface area (Å²) in [4.78, 5) is 10.1. The van der Waals surface area contributed by atoms with Crippen molar-refractivity contribution >= 4 is 6.08 Å². The number of hydrogen-bond donors (Lipinski definition) is 0. The van der Waals surface area contributed by atoms with E-state index in [1.165, 1.54) is 26.0 Å². The summed E-state index contributed by atoms with van der Waals surface area (Å²) >= 11 is 0. The summed E-state index contributed by atoms with van der Waals surface area (Å²) in [6.45, 7) is 2.71. The highest BCUT2D eigenvalue weighted by Crippen LogP contribution is 2.29. The van der Waals surface area contributed by atoms with Crippen molar-refractivity contribution in [3.8, 4) is 11.5 Å². The molecule has 0 bridgehead atoms. The lowest BCUT2D eigenvalue weighted by molar-refractivity contribution is -0.422. The Hall–Kier alpha value is -2.04. The second kappa shape index (κ2) is 5.34. The fraction of sp³-hybridized carbons (Fsp3) is 0.333. The minimum Gasteiger partial charge on any atom is -0.496 e. The Morgan fingerprint density at radius 1 is 1.41 bits per heavy atom. The Balaban J connectivity index is 3.43. The van der Waals surface area contributed by atoms with Crippen LogP contribution >= 0.6 is 0 Å². The van der Waals surface area contributed by atoms with Crippen molar-refractivity contribution in [2.75, 3.05) is 14.1 Å². The van der Waals surface area contributed by atoms with Gasteiger partial charge in [-0.25, -0.2) is 0 Å². The first-order chi connectivity index (χ1) is 10.3. The van der Waals surface area contributed by atoms with Gasteiger partial charge >= 0.3 is 0 Å². The fourth-order valence-corrected chi connectivity index (χ4v) is 1.27. The molecule has 5 nitrogen and oxygen atoms in total. The minimum atomic E-state index is -2.76. The average Bonchev–Trinajstić information content (AvgIpc) is 2.30. The lowest BCUT2D eigenvalue weighted by atomic mass is 10.1. The topological polar surface area (TPSA) is 61.6 Å². The van der Waals surface area contributed by atoms with E-state index in [4.69, 9.17) is 17.7 Å². The SMILES string of the molecule is [2H]C([2H])([2H])Oc1cc(/C=C(\C)[N+](=O)[O-])c(OC([2H])([2H])[2H])cc1C. The van der Waals surface area contributed by atoms with Crippen LogP contribution < -0.4 is 9.47 Å². The van der Waals surface area contributed by atoms with Gasteiger partial charge < -0.3 is 9.47 Å². The number of ether oxygens (including phenoxy) is 2. The van der Waals surface area contributed by atoms with Crippen molar-refractivity contribution in [1.82, 2.24) is 0 Å². The zero-order valence-electron chi connectivity index (χ0n) is 15.3. The molecular weight excluding hydrogens is 222 g/mol. The van der Waals surface area contributed by atoms with Gasteiger partial charge in [0.05, 0.1) is 27.2 Å². The summed E-state index contributed by atoms with van der Waals surface area (Å²) < 4.78 is 52.4. The van der Waals surface area contributed by atoms with Crippen LogP contribution in [-0.4, -0.2) is 19.0 Å². The van der Waals surface area contributed by atoms with Crippen LogP contribution in [-0.2, 0) is 0 Å². The van der Waals surface area contributed by atoms with Crippen molar-refractivity contribution < 1.29 is 22.6 Å². The third-order valence-electron chi connectivity index (χ3n) is 2.18. The number of nitro groups is 1. The molecule has 0 fully saturated rings. The molecule has 0 aliphatic rings. The number of nitrogens with zero attached hydrogens (tertiary/aromatic N) is 1. The molecule has 0 heterocycles. The molecule has 0 amide bonds. The summed E-state index contributed by atoms with van der Waals surface area (Å²) in [7, 11) is -5.47. The highest BCUT2D eigenvalue weighted by atomic mass is 16.6. The number of methoxy groups -OCH3 is 2. The van der Waals surface area contributed by atoms with Gasteiger partial charge in [0.1, 0.15) is 11.5 Å². The standard InChI is InChI=1S/C12H15NO4/c1-8-5-12(17-4)10(7-11(8)16-3)6-9(2)13(14)15/h5-7H,1-4H3/b9-6+/i3D3,4D3. The van der Waals surface area contributed by atoms with Crippen molar-refractivity contribution in [2.24, 2.45) is 0 Å². The van der Waals surface area contributed by atoms with Gasteiger partial charge in [0.2, 0.25) is 5.70 Å². The van der Waals surface area contributed by atoms with E-state index < -0.39 is 19.0 Å². The lowest BCUT2D eigenvalue weighted by Crippen LogP contribution is -1.96. The predicted molar refractivity (Wildman–Crippen MR) is 64.9 cm³/mol. The Labute approximate surface area is 108 Å². The van der Waals surface area contributed by atoms with Crippen LogP contribution in [0.25, 0.3) is 6.08 Å². The van der Waals surface area contributed by atoms with E-state index in [1.807, 2.05) is 0 Å². The summed E-state index contributed by atoms with van der Waals surface area (Å²) in [5.41, 5.74) is 0.0699. The number of hydrogen-bond acceptors (Lipinski definition) is 4. The van der Waals surface area contributed by atoms with E-state index in [1.54, 1.807) is 0 Å². The quantitative estimate of drug-likeness (QED) is 0.602. The maximum atomic E-state index is 10.7. The molecule has 0 aromatic heterocycles. The molecule has 0 spiro atoms. The number of aryl methyl sites for hydroxylation is 1. The predicted octanol–water partition coefficient (Wildman–Crippen LogP) is 2.65. The molecule has 0 radical (unpaired) electrons. The minimum absolute atomic E-state index is 0.0279. The average molecular weight is 243 g/mol. The van der Waals surface area contributed by atoms with Gasteiger partial charge in [-0.2, -0.15) is 0 Å². The van der Waals surface area contributed by atoms with E-state index in [2.05, 4.69) is 0 Å². The molecule has 0 aliphatic heterocycles. The Kier molecular flexibility index (Phi) is 2.08. The summed E-state index contributed by atoms with van der Waals surface area (Å²) in [5, 5.41) is 10.7. The second-order valence-electron chi connectivity index (χ2n) is 3.40. The van der Waals surface area contributed by atoms with Crippen molar-refractivity contribution in [3.63, 3.8) is 0 Å². The molecule has 0 aliphatic carbocycles. The highest BCUT2D eigenvalue weighted by molar-refractivity contribution is 5.62. The van der Waals surface area contributed by atoms with Crippen LogP contribution in [0.1, 0.15) is 26.3 Å². The smallest absolute Gasteiger partial charge is 0.243 e. The molecule has 17 heavy (non-hydrogen) atoms. The molecule has 0 saturated heterocycles. The monoisotopic (exact) mass is 243 g/mol. The molecule has 5 heteroatoms. The second-order valence-corrected chi connectivity index (χ2v) is 3.40. The maximum absolute atomic E-state index is 10.7. The molecule has 1 aromatic rings. The molecule has 92 valence electrons. The van der Waals surface area contributed by atoms with Crippen LogP contribution in [0, 0.1) is 17.0 Å². The third-order valence-corrected chi connectivity index (χ3v) is 2.18. The van der Waals surface area contributed by atoms with Gasteiger partial charge in [0.25, 0.3) is 0 Å². The number of benzene rings is 1. The number of rotatable bonds is 4. The van der Waals surface area contributed by atoms with Gasteiger partial charge in [0, 0.05) is 18.6 Å². The van der Waals surface area contributed by atoms with E-state index in [9.17, 15) is 10.1 Å². The molecule has 0 N–H and O–H groups in total. The van der Waals surface area contributed by atoms with Crippen molar-refractivity contribution in [1.29, 1.82) is 0 Å². The van der Waals surface area contributed by atoms with Gasteiger partial charge in [0.15, 0.2) is 0 Å². The lowest BCUT2D eigenvalue weighted by Gasteiger charge is -2.10. The first-order valence-electron chi connectivity index (χ1n) is 7.64. The van der Waals surface area contributed by atoms with Gasteiger partial charge in [-0.1, -0.05) is 0 Å². The molecular formula is C12H15NO4. The van der Waals surface area contributed by atoms with Crippen LogP contribution in [0.3, 0.4) is 0 Å². The molecule has 0 unspecified atom stereocenters. The molecule has 1 rings (SSSR count). The summed E-state index contributed by atoms with van der Waals surface area (Å²) in [5.74, 6) is -0.188. The van der Waals surface area contributed by atoms with Crippen LogP contribution in [0.2, 0.25) is 0 Å². The largest absolute Gasteiger partial charge is 0.496 e. The zero-order chi connectivity index (χ0) is 18.0. The van der Waals surface area contributed by atoms with E-state index >= 15 is 0 Å². The Morgan fingerprint density at radius 3 is 2.65 bits per heavy atom. The van der Waals surface area contributed by atoms with Crippen LogP contribution in [0.15, 0.2) is 17.8 Å². The normalized spacial score (nSPS) is 17.9. The zero-order valence-corrected chi connectivity index (χ0v) is 9.31. The van der Waals surface area contributed by atoms with Gasteiger partial charge in [-0.05, 0) is 24.6 Å². The Bertz CT molecular complexity index is 636. The van der Waals surface area contributed by atoms with E-state index in [-0.39, 0.29) is 22.8 Å². The number of allylic oxidation sites excluding steroid dienone is 1. The van der Waals surface area contributed by atoms with Gasteiger partial charge in [-0.3, -0.25) is 10.1 Å². The van der Waals surface area contributed by atoms with Crippen molar-refractivity contribution in [2.45, 2.75) is 13.8 Å². The first-order valence-corrected chi connectivity index (χ1v) is 4.64. The fourth-order valence-electron chi connectivity index (χ4n) is 1.27. The van der Waals surface area contributed by atoms with E-state index in [0.717, 1.165) is 6.08 Å². The Morgan fingerprint density at radius 2 is 2.06 bits per heavy atom. The van der Waals surface area contributed by atoms with E-state index in [0.29, 0.717) is 5.56 Å². The van der Waals surface area contributed by atoms with Gasteiger partial charge in [-0.15, -0.1) is 0 Å². The molecule has 0 saturated carbocycles.